The van der Waals surface area contributed by atoms with Crippen LogP contribution in [0.4, 0.5) is 0 Å². The molecule has 0 fully saturated rings. The molecule has 0 saturated heterocycles. The molecule has 1 aromatic carbocycles. The molecule has 0 aliphatic rings. The van der Waals surface area contributed by atoms with Gasteiger partial charge in [0.2, 0.25) is 0 Å². The molecule has 0 aliphatic carbocycles. The number of methoxy groups -OCH3 is 2. The van der Waals surface area contributed by atoms with E-state index in [-0.39, 0.29) is 4.90 Å². The maximum Gasteiger partial charge on any atom is 0.261 e. The molecule has 0 aromatic heterocycles. The van der Waals surface area contributed by atoms with E-state index in [0.717, 1.165) is 0 Å². The molecule has 0 N–H and O–H groups in total. The standard InChI is InChI=1S/C10H13ClO4S/c1-4-7-5-8(14-2)9(15-3)6-10(7)16(11,12)13/h5-6H,4H2,1-3H3. The minimum atomic E-state index is -3.77. The lowest BCUT2D eigenvalue weighted by molar-refractivity contribution is 0.353. The highest BCUT2D eigenvalue weighted by molar-refractivity contribution is 8.13. The van der Waals surface area contributed by atoms with Crippen molar-refractivity contribution in [3.8, 4) is 11.5 Å². The predicted octanol–water partition coefficient (Wildman–Crippen LogP) is 2.19. The van der Waals surface area contributed by atoms with Gasteiger partial charge in [0.1, 0.15) is 0 Å². The molecule has 0 heterocycles. The summed E-state index contributed by atoms with van der Waals surface area (Å²) in [5.74, 6) is 0.836. The second-order valence-corrected chi connectivity index (χ2v) is 5.64. The zero-order valence-electron chi connectivity index (χ0n) is 9.28. The summed E-state index contributed by atoms with van der Waals surface area (Å²) in [6, 6.07) is 2.99. The fourth-order valence-corrected chi connectivity index (χ4v) is 2.60. The molecule has 0 radical (unpaired) electrons. The van der Waals surface area contributed by atoms with Gasteiger partial charge in [0.15, 0.2) is 11.5 Å². The molecule has 0 atom stereocenters. The highest BCUT2D eigenvalue weighted by atomic mass is 35.7. The van der Waals surface area contributed by atoms with Crippen molar-refractivity contribution >= 4 is 19.7 Å². The van der Waals surface area contributed by atoms with Crippen LogP contribution in [0, 0.1) is 0 Å². The first-order chi connectivity index (χ1) is 7.43. The Morgan fingerprint density at radius 1 is 1.19 bits per heavy atom. The van der Waals surface area contributed by atoms with Gasteiger partial charge in [-0.15, -0.1) is 0 Å². The first-order valence-electron chi connectivity index (χ1n) is 4.63. The van der Waals surface area contributed by atoms with Crippen molar-refractivity contribution in [2.75, 3.05) is 14.2 Å². The van der Waals surface area contributed by atoms with E-state index in [1.165, 1.54) is 20.3 Å². The number of hydrogen-bond donors (Lipinski definition) is 0. The van der Waals surface area contributed by atoms with Crippen LogP contribution in [0.25, 0.3) is 0 Å². The van der Waals surface area contributed by atoms with E-state index in [9.17, 15) is 8.42 Å². The van der Waals surface area contributed by atoms with Crippen LogP contribution < -0.4 is 9.47 Å². The summed E-state index contributed by atoms with van der Waals surface area (Å²) >= 11 is 0. The normalized spacial score (nSPS) is 11.2. The topological polar surface area (TPSA) is 52.6 Å². The third-order valence-electron chi connectivity index (χ3n) is 2.21. The van der Waals surface area contributed by atoms with Crippen molar-refractivity contribution in [3.63, 3.8) is 0 Å². The van der Waals surface area contributed by atoms with Crippen molar-refractivity contribution in [2.24, 2.45) is 0 Å². The SMILES string of the molecule is CCc1cc(OC)c(OC)cc1S(=O)(=O)Cl. The quantitative estimate of drug-likeness (QED) is 0.783. The van der Waals surface area contributed by atoms with Gasteiger partial charge in [-0.1, -0.05) is 6.92 Å². The Bertz CT molecular complexity index is 482. The summed E-state index contributed by atoms with van der Waals surface area (Å²) in [5.41, 5.74) is 0.604. The first-order valence-corrected chi connectivity index (χ1v) is 6.94. The smallest absolute Gasteiger partial charge is 0.261 e. The van der Waals surface area contributed by atoms with Crippen LogP contribution in [0.15, 0.2) is 17.0 Å². The second kappa shape index (κ2) is 4.93. The monoisotopic (exact) mass is 264 g/mol. The Balaban J connectivity index is 3.50. The molecule has 1 rings (SSSR count). The van der Waals surface area contributed by atoms with E-state index in [1.54, 1.807) is 6.07 Å². The zero-order chi connectivity index (χ0) is 12.3. The van der Waals surface area contributed by atoms with Crippen molar-refractivity contribution < 1.29 is 17.9 Å². The minimum Gasteiger partial charge on any atom is -0.493 e. The van der Waals surface area contributed by atoms with E-state index in [2.05, 4.69) is 0 Å². The molecule has 0 unspecified atom stereocenters. The molecule has 90 valence electrons. The van der Waals surface area contributed by atoms with Gasteiger partial charge in [0.25, 0.3) is 9.05 Å². The Morgan fingerprint density at radius 2 is 1.69 bits per heavy atom. The summed E-state index contributed by atoms with van der Waals surface area (Å²) in [6.45, 7) is 1.84. The molecule has 0 amide bonds. The third-order valence-corrected chi connectivity index (χ3v) is 3.61. The average Bonchev–Trinajstić information content (AvgIpc) is 2.25. The van der Waals surface area contributed by atoms with Crippen molar-refractivity contribution in [1.29, 1.82) is 0 Å². The number of aryl methyl sites for hydroxylation is 1. The van der Waals surface area contributed by atoms with E-state index in [4.69, 9.17) is 20.2 Å². The zero-order valence-corrected chi connectivity index (χ0v) is 10.9. The number of benzene rings is 1. The van der Waals surface area contributed by atoms with Crippen LogP contribution >= 0.6 is 10.7 Å². The average molecular weight is 265 g/mol. The Morgan fingerprint density at radius 3 is 2.06 bits per heavy atom. The molecule has 6 heteroatoms. The molecule has 4 nitrogen and oxygen atoms in total. The molecule has 0 aliphatic heterocycles. The fourth-order valence-electron chi connectivity index (χ4n) is 1.41. The third kappa shape index (κ3) is 2.59. The highest BCUT2D eigenvalue weighted by Gasteiger charge is 2.18. The van der Waals surface area contributed by atoms with Gasteiger partial charge >= 0.3 is 0 Å². The maximum atomic E-state index is 11.3. The largest absolute Gasteiger partial charge is 0.493 e. The summed E-state index contributed by atoms with van der Waals surface area (Å²) in [5, 5.41) is 0. The lowest BCUT2D eigenvalue weighted by atomic mass is 10.1. The Labute approximate surface area is 99.6 Å². The van der Waals surface area contributed by atoms with E-state index in [1.807, 2.05) is 6.92 Å². The van der Waals surface area contributed by atoms with Crippen molar-refractivity contribution in [1.82, 2.24) is 0 Å². The number of halogens is 1. The lowest BCUT2D eigenvalue weighted by Gasteiger charge is -2.12. The molecule has 16 heavy (non-hydrogen) atoms. The Hall–Kier alpha value is -0.940. The minimum absolute atomic E-state index is 0.0642. The van der Waals surface area contributed by atoms with Gasteiger partial charge in [-0.25, -0.2) is 8.42 Å². The van der Waals surface area contributed by atoms with Crippen LogP contribution in [-0.4, -0.2) is 22.6 Å². The lowest BCUT2D eigenvalue weighted by Crippen LogP contribution is -2.00. The van der Waals surface area contributed by atoms with Crippen LogP contribution in [0.3, 0.4) is 0 Å². The van der Waals surface area contributed by atoms with Crippen molar-refractivity contribution in [3.05, 3.63) is 17.7 Å². The van der Waals surface area contributed by atoms with Gasteiger partial charge in [-0.2, -0.15) is 0 Å². The van der Waals surface area contributed by atoms with Gasteiger partial charge in [0, 0.05) is 16.7 Å². The van der Waals surface area contributed by atoms with Gasteiger partial charge < -0.3 is 9.47 Å². The van der Waals surface area contributed by atoms with Crippen LogP contribution in [0.2, 0.25) is 0 Å². The van der Waals surface area contributed by atoms with Crippen molar-refractivity contribution in [2.45, 2.75) is 18.2 Å². The van der Waals surface area contributed by atoms with Crippen LogP contribution in [0.1, 0.15) is 12.5 Å². The highest BCUT2D eigenvalue weighted by Crippen LogP contribution is 2.34. The van der Waals surface area contributed by atoms with Crippen LogP contribution in [-0.2, 0) is 15.5 Å². The van der Waals surface area contributed by atoms with Gasteiger partial charge in [-0.3, -0.25) is 0 Å². The molecule has 0 saturated carbocycles. The summed E-state index contributed by atoms with van der Waals surface area (Å²) in [6.07, 6.45) is 0.543. The Kier molecular flexibility index (Phi) is 4.04. The molecular formula is C10H13ClO4S. The predicted molar refractivity (Wildman–Crippen MR) is 62.0 cm³/mol. The van der Waals surface area contributed by atoms with E-state index < -0.39 is 9.05 Å². The number of hydrogen-bond acceptors (Lipinski definition) is 4. The molecule has 0 bridgehead atoms. The van der Waals surface area contributed by atoms with Gasteiger partial charge in [-0.05, 0) is 18.1 Å². The first kappa shape index (κ1) is 13.1. The van der Waals surface area contributed by atoms with E-state index in [0.29, 0.717) is 23.5 Å². The fraction of sp³-hybridized carbons (Fsp3) is 0.400. The molecule has 1 aromatic rings. The molecular weight excluding hydrogens is 252 g/mol. The van der Waals surface area contributed by atoms with Crippen LogP contribution in [0.5, 0.6) is 11.5 Å². The van der Waals surface area contributed by atoms with Gasteiger partial charge in [0.05, 0.1) is 19.1 Å². The summed E-state index contributed by atoms with van der Waals surface area (Å²) in [4.78, 5) is 0.0642. The summed E-state index contributed by atoms with van der Waals surface area (Å²) in [7, 11) is 4.51. The summed E-state index contributed by atoms with van der Waals surface area (Å²) < 4.78 is 32.8. The maximum absolute atomic E-state index is 11.3. The number of rotatable bonds is 4. The second-order valence-electron chi connectivity index (χ2n) is 3.11. The van der Waals surface area contributed by atoms with E-state index >= 15 is 0 Å². The molecule has 0 spiro atoms. The number of ether oxygens (including phenoxy) is 2.